The first-order valence-corrected chi connectivity index (χ1v) is 12.7. The third-order valence-corrected chi connectivity index (χ3v) is 7.26. The van der Waals surface area contributed by atoms with Crippen LogP contribution in [0, 0.1) is 0 Å². The second kappa shape index (κ2) is 8.15. The number of hydrogen-bond acceptors (Lipinski definition) is 3. The monoisotopic (exact) mass is 487 g/mol. The summed E-state index contributed by atoms with van der Waals surface area (Å²) >= 11 is 0. The first-order chi connectivity index (χ1) is 18.8. The lowest BCUT2D eigenvalue weighted by atomic mass is 9.97. The van der Waals surface area contributed by atoms with Crippen LogP contribution in [-0.2, 0) is 0 Å². The predicted molar refractivity (Wildman–Crippen MR) is 154 cm³/mol. The summed E-state index contributed by atoms with van der Waals surface area (Å²) in [4.78, 5) is 9.77. The Morgan fingerprint density at radius 3 is 2.39 bits per heavy atom. The predicted octanol–water partition coefficient (Wildman–Crippen LogP) is 8.78. The van der Waals surface area contributed by atoms with E-state index in [2.05, 4.69) is 88.4 Å². The van der Waals surface area contributed by atoms with E-state index in [0.29, 0.717) is 0 Å². The largest absolute Gasteiger partial charge is 0.455 e. The second-order valence-corrected chi connectivity index (χ2v) is 9.52. The molecule has 0 aliphatic rings. The highest BCUT2D eigenvalue weighted by Crippen LogP contribution is 2.40. The Balaban J connectivity index is 1.46. The third-order valence-electron chi connectivity index (χ3n) is 7.26. The van der Waals surface area contributed by atoms with Crippen molar-refractivity contribution in [2.75, 3.05) is 0 Å². The molecular formula is C34H21N3O. The fourth-order valence-electron chi connectivity index (χ4n) is 5.45. The molecule has 0 fully saturated rings. The summed E-state index contributed by atoms with van der Waals surface area (Å²) in [6.07, 6.45) is 3.86. The van der Waals surface area contributed by atoms with Gasteiger partial charge in [0.05, 0.1) is 16.8 Å². The average molecular weight is 488 g/mol. The zero-order valence-electron chi connectivity index (χ0n) is 20.4. The van der Waals surface area contributed by atoms with Gasteiger partial charge in [-0.15, -0.1) is 0 Å². The lowest BCUT2D eigenvalue weighted by Gasteiger charge is -2.09. The molecule has 0 aliphatic heterocycles. The van der Waals surface area contributed by atoms with Gasteiger partial charge >= 0.3 is 0 Å². The van der Waals surface area contributed by atoms with E-state index in [1.54, 1.807) is 6.20 Å². The van der Waals surface area contributed by atoms with Gasteiger partial charge in [-0.05, 0) is 70.4 Å². The number of rotatable bonds is 3. The van der Waals surface area contributed by atoms with Crippen molar-refractivity contribution in [2.45, 2.75) is 0 Å². The maximum absolute atomic E-state index is 6.49. The summed E-state index contributed by atoms with van der Waals surface area (Å²) in [5.41, 5.74) is 7.62. The van der Waals surface area contributed by atoms with Crippen LogP contribution in [0.4, 0.5) is 0 Å². The van der Waals surface area contributed by atoms with Gasteiger partial charge in [-0.2, -0.15) is 0 Å². The van der Waals surface area contributed by atoms with E-state index in [1.165, 1.54) is 10.8 Å². The summed E-state index contributed by atoms with van der Waals surface area (Å²) < 4.78 is 8.63. The molecule has 4 heterocycles. The van der Waals surface area contributed by atoms with Gasteiger partial charge in [0.2, 0.25) is 0 Å². The van der Waals surface area contributed by atoms with Gasteiger partial charge in [0.15, 0.2) is 0 Å². The molecule has 0 N–H and O–H groups in total. The summed E-state index contributed by atoms with van der Waals surface area (Å²) in [5, 5.41) is 4.61. The standard InChI is InChI=1S/C34H21N3O/c1-2-10-23-19-24(16-15-22(23)9-1)25-20-27-26-11-3-4-14-31(26)38-33(27)28(21-25)34-36-32(29-12-5-7-17-35-29)30-13-6-8-18-37(30)34/h1-21H. The number of fused-ring (bicyclic) bond motifs is 5. The van der Waals surface area contributed by atoms with Crippen LogP contribution >= 0.6 is 0 Å². The van der Waals surface area contributed by atoms with E-state index < -0.39 is 0 Å². The molecule has 38 heavy (non-hydrogen) atoms. The van der Waals surface area contributed by atoms with Crippen LogP contribution in [0.2, 0.25) is 0 Å². The van der Waals surface area contributed by atoms with Crippen LogP contribution in [0.15, 0.2) is 132 Å². The van der Waals surface area contributed by atoms with E-state index in [9.17, 15) is 0 Å². The molecular weight excluding hydrogens is 466 g/mol. The molecule has 0 saturated carbocycles. The maximum Gasteiger partial charge on any atom is 0.149 e. The summed E-state index contributed by atoms with van der Waals surface area (Å²) in [6, 6.07) is 39.8. The van der Waals surface area contributed by atoms with Crippen molar-refractivity contribution in [1.82, 2.24) is 14.4 Å². The minimum absolute atomic E-state index is 0.827. The first kappa shape index (κ1) is 20.9. The minimum atomic E-state index is 0.827. The molecule has 4 heteroatoms. The van der Waals surface area contributed by atoms with Gasteiger partial charge in [-0.3, -0.25) is 9.38 Å². The van der Waals surface area contributed by atoms with Crippen molar-refractivity contribution in [3.8, 4) is 33.9 Å². The Hall–Kier alpha value is -5.22. The molecule has 0 amide bonds. The zero-order chi connectivity index (χ0) is 25.1. The topological polar surface area (TPSA) is 43.3 Å². The van der Waals surface area contributed by atoms with Crippen molar-refractivity contribution in [1.29, 1.82) is 0 Å². The van der Waals surface area contributed by atoms with Gasteiger partial charge in [0, 0.05) is 23.2 Å². The SMILES string of the molecule is c1ccc(-c2nc(-c3cc(-c4ccc5ccccc5c4)cc4c3oc3ccccc34)n3ccccc23)nc1. The highest BCUT2D eigenvalue weighted by atomic mass is 16.3. The van der Waals surface area contributed by atoms with Crippen LogP contribution in [0.5, 0.6) is 0 Å². The number of pyridine rings is 2. The Morgan fingerprint density at radius 1 is 0.632 bits per heavy atom. The molecule has 4 aromatic carbocycles. The Labute approximate surface area is 218 Å². The van der Waals surface area contributed by atoms with Crippen molar-refractivity contribution in [3.05, 3.63) is 128 Å². The van der Waals surface area contributed by atoms with Gasteiger partial charge in [-0.1, -0.05) is 66.7 Å². The van der Waals surface area contributed by atoms with Gasteiger partial charge in [0.25, 0.3) is 0 Å². The lowest BCUT2D eigenvalue weighted by Crippen LogP contribution is -1.90. The zero-order valence-corrected chi connectivity index (χ0v) is 20.4. The van der Waals surface area contributed by atoms with Crippen molar-refractivity contribution in [3.63, 3.8) is 0 Å². The number of hydrogen-bond donors (Lipinski definition) is 0. The molecule has 8 aromatic rings. The normalized spacial score (nSPS) is 11.7. The highest BCUT2D eigenvalue weighted by molar-refractivity contribution is 6.11. The Bertz CT molecular complexity index is 2140. The fraction of sp³-hybridized carbons (Fsp3) is 0. The van der Waals surface area contributed by atoms with E-state index >= 15 is 0 Å². The number of para-hydroxylation sites is 1. The number of nitrogens with zero attached hydrogens (tertiary/aromatic N) is 3. The number of aromatic nitrogens is 3. The van der Waals surface area contributed by atoms with E-state index in [4.69, 9.17) is 9.40 Å². The molecule has 0 spiro atoms. The molecule has 0 saturated heterocycles. The average Bonchev–Trinajstić information content (AvgIpc) is 3.56. The quantitative estimate of drug-likeness (QED) is 0.250. The Morgan fingerprint density at radius 2 is 1.47 bits per heavy atom. The molecule has 4 nitrogen and oxygen atoms in total. The van der Waals surface area contributed by atoms with Crippen LogP contribution in [0.1, 0.15) is 0 Å². The molecule has 0 aliphatic carbocycles. The summed E-state index contributed by atoms with van der Waals surface area (Å²) in [6.45, 7) is 0. The molecule has 0 unspecified atom stereocenters. The smallest absolute Gasteiger partial charge is 0.149 e. The van der Waals surface area contributed by atoms with Gasteiger partial charge in [-0.25, -0.2) is 4.98 Å². The highest BCUT2D eigenvalue weighted by Gasteiger charge is 2.21. The van der Waals surface area contributed by atoms with Crippen molar-refractivity contribution in [2.24, 2.45) is 0 Å². The van der Waals surface area contributed by atoms with E-state index in [-0.39, 0.29) is 0 Å². The molecule has 0 radical (unpaired) electrons. The number of benzene rings is 4. The maximum atomic E-state index is 6.49. The Kier molecular flexibility index (Phi) is 4.49. The van der Waals surface area contributed by atoms with E-state index in [1.807, 2.05) is 42.5 Å². The van der Waals surface area contributed by atoms with Crippen LogP contribution < -0.4 is 0 Å². The second-order valence-electron chi connectivity index (χ2n) is 9.52. The molecule has 178 valence electrons. The van der Waals surface area contributed by atoms with Crippen molar-refractivity contribution < 1.29 is 4.42 Å². The van der Waals surface area contributed by atoms with Gasteiger partial charge < -0.3 is 4.42 Å². The number of furan rings is 1. The molecule has 4 aromatic heterocycles. The van der Waals surface area contributed by atoms with E-state index in [0.717, 1.165) is 61.4 Å². The summed E-state index contributed by atoms with van der Waals surface area (Å²) in [7, 11) is 0. The van der Waals surface area contributed by atoms with Crippen LogP contribution in [0.25, 0.3) is 72.1 Å². The minimum Gasteiger partial charge on any atom is -0.455 e. The lowest BCUT2D eigenvalue weighted by molar-refractivity contribution is 0.669. The molecule has 0 atom stereocenters. The molecule has 8 rings (SSSR count). The van der Waals surface area contributed by atoms with Crippen LogP contribution in [0.3, 0.4) is 0 Å². The summed E-state index contributed by atoms with van der Waals surface area (Å²) in [5.74, 6) is 0.827. The third kappa shape index (κ3) is 3.17. The van der Waals surface area contributed by atoms with Crippen molar-refractivity contribution >= 4 is 38.2 Å². The first-order valence-electron chi connectivity index (χ1n) is 12.7. The van der Waals surface area contributed by atoms with Gasteiger partial charge in [0.1, 0.15) is 22.7 Å². The van der Waals surface area contributed by atoms with Crippen LogP contribution in [-0.4, -0.2) is 14.4 Å². The molecule has 0 bridgehead atoms. The fourth-order valence-corrected chi connectivity index (χ4v) is 5.45. The number of imidazole rings is 1.